The molecule has 0 aliphatic carbocycles. The summed E-state index contributed by atoms with van der Waals surface area (Å²) in [5.74, 6) is 0.224. The van der Waals surface area contributed by atoms with Crippen LogP contribution in [0.2, 0.25) is 0 Å². The van der Waals surface area contributed by atoms with Crippen LogP contribution in [-0.2, 0) is 11.3 Å². The van der Waals surface area contributed by atoms with Gasteiger partial charge in [-0.25, -0.2) is 0 Å². The number of nitrogens with one attached hydrogen (secondary N) is 1. The van der Waals surface area contributed by atoms with Crippen LogP contribution in [0.5, 0.6) is 0 Å². The number of hydrogen-bond donors (Lipinski definition) is 1. The lowest BCUT2D eigenvalue weighted by molar-refractivity contribution is -0.125. The molecule has 0 aromatic carbocycles. The van der Waals surface area contributed by atoms with Crippen molar-refractivity contribution < 1.29 is 9.21 Å². The van der Waals surface area contributed by atoms with Crippen molar-refractivity contribution in [2.24, 2.45) is 5.92 Å². The van der Waals surface area contributed by atoms with Crippen molar-refractivity contribution in [3.8, 4) is 11.3 Å². The molecular formula is C16H20N2O2. The number of carbonyl (C=O) groups is 1. The van der Waals surface area contributed by atoms with Crippen molar-refractivity contribution in [3.63, 3.8) is 0 Å². The molecule has 1 amide bonds. The number of amides is 1. The van der Waals surface area contributed by atoms with E-state index in [0.29, 0.717) is 6.54 Å². The van der Waals surface area contributed by atoms with Gasteiger partial charge in [-0.05, 0) is 30.5 Å². The van der Waals surface area contributed by atoms with Gasteiger partial charge in [0.25, 0.3) is 0 Å². The monoisotopic (exact) mass is 272 g/mol. The Morgan fingerprint density at radius 3 is 2.65 bits per heavy atom. The lowest BCUT2D eigenvalue weighted by Crippen LogP contribution is -2.29. The summed E-state index contributed by atoms with van der Waals surface area (Å²) in [4.78, 5) is 16.3. The molecule has 0 atom stereocenters. The van der Waals surface area contributed by atoms with Gasteiger partial charge < -0.3 is 9.73 Å². The standard InChI is InChI=1S/C16H20N2O2/c1-3-13(4-2)16(19)18-10-12-5-6-15(17-9-12)14-7-8-20-11-14/h5-9,11,13H,3-4,10H2,1-2H3,(H,18,19). The highest BCUT2D eigenvalue weighted by Gasteiger charge is 2.13. The van der Waals surface area contributed by atoms with E-state index in [-0.39, 0.29) is 11.8 Å². The fourth-order valence-electron chi connectivity index (χ4n) is 2.10. The minimum absolute atomic E-state index is 0.105. The predicted octanol–water partition coefficient (Wildman–Crippen LogP) is 3.39. The molecule has 2 rings (SSSR count). The summed E-state index contributed by atoms with van der Waals surface area (Å²) in [6.45, 7) is 4.60. The highest BCUT2D eigenvalue weighted by atomic mass is 16.3. The number of carbonyl (C=O) groups excluding carboxylic acids is 1. The van der Waals surface area contributed by atoms with Crippen molar-refractivity contribution in [3.05, 3.63) is 42.5 Å². The third kappa shape index (κ3) is 3.47. The van der Waals surface area contributed by atoms with Gasteiger partial charge in [0.1, 0.15) is 0 Å². The highest BCUT2D eigenvalue weighted by Crippen LogP contribution is 2.17. The largest absolute Gasteiger partial charge is 0.472 e. The first-order valence-corrected chi connectivity index (χ1v) is 6.99. The van der Waals surface area contributed by atoms with Crippen molar-refractivity contribution in [1.82, 2.24) is 10.3 Å². The van der Waals surface area contributed by atoms with Gasteiger partial charge in [-0.2, -0.15) is 0 Å². The molecule has 106 valence electrons. The average Bonchev–Trinajstić information content (AvgIpc) is 3.01. The van der Waals surface area contributed by atoms with Gasteiger partial charge in [0.2, 0.25) is 5.91 Å². The molecule has 0 aliphatic heterocycles. The topological polar surface area (TPSA) is 55.1 Å². The van der Waals surface area contributed by atoms with E-state index in [1.165, 1.54) is 0 Å². The fraction of sp³-hybridized carbons (Fsp3) is 0.375. The van der Waals surface area contributed by atoms with Gasteiger partial charge in [0.05, 0.1) is 18.2 Å². The van der Waals surface area contributed by atoms with E-state index in [2.05, 4.69) is 10.3 Å². The van der Waals surface area contributed by atoms with E-state index in [9.17, 15) is 4.79 Å². The van der Waals surface area contributed by atoms with E-state index in [4.69, 9.17) is 4.42 Å². The molecule has 2 aromatic heterocycles. The van der Waals surface area contributed by atoms with Crippen molar-refractivity contribution in [2.75, 3.05) is 0 Å². The molecule has 2 heterocycles. The number of hydrogen-bond acceptors (Lipinski definition) is 3. The molecule has 0 bridgehead atoms. The number of nitrogens with zero attached hydrogens (tertiary/aromatic N) is 1. The van der Waals surface area contributed by atoms with Crippen molar-refractivity contribution in [1.29, 1.82) is 0 Å². The first-order chi connectivity index (χ1) is 9.74. The molecule has 0 saturated carbocycles. The van der Waals surface area contributed by atoms with Crippen LogP contribution in [-0.4, -0.2) is 10.9 Å². The van der Waals surface area contributed by atoms with Crippen LogP contribution >= 0.6 is 0 Å². The third-order valence-corrected chi connectivity index (χ3v) is 3.46. The molecule has 0 fully saturated rings. The van der Waals surface area contributed by atoms with E-state index >= 15 is 0 Å². The number of rotatable bonds is 6. The van der Waals surface area contributed by atoms with Crippen LogP contribution in [0, 0.1) is 5.92 Å². The van der Waals surface area contributed by atoms with E-state index in [1.807, 2.05) is 32.0 Å². The Labute approximate surface area is 119 Å². The lowest BCUT2D eigenvalue weighted by atomic mass is 10.0. The molecule has 4 nitrogen and oxygen atoms in total. The minimum Gasteiger partial charge on any atom is -0.472 e. The second-order valence-corrected chi connectivity index (χ2v) is 4.79. The SMILES string of the molecule is CCC(CC)C(=O)NCc1ccc(-c2ccoc2)nc1. The molecule has 0 radical (unpaired) electrons. The van der Waals surface area contributed by atoms with Gasteiger partial charge >= 0.3 is 0 Å². The van der Waals surface area contributed by atoms with Gasteiger partial charge in [-0.15, -0.1) is 0 Å². The maximum absolute atomic E-state index is 11.9. The second-order valence-electron chi connectivity index (χ2n) is 4.79. The first-order valence-electron chi connectivity index (χ1n) is 6.99. The van der Waals surface area contributed by atoms with E-state index in [0.717, 1.165) is 29.7 Å². The van der Waals surface area contributed by atoms with E-state index < -0.39 is 0 Å². The van der Waals surface area contributed by atoms with Crippen LogP contribution in [0.3, 0.4) is 0 Å². The average molecular weight is 272 g/mol. The minimum atomic E-state index is 0.105. The second kappa shape index (κ2) is 6.89. The fourth-order valence-corrected chi connectivity index (χ4v) is 2.10. The highest BCUT2D eigenvalue weighted by molar-refractivity contribution is 5.78. The van der Waals surface area contributed by atoms with Crippen LogP contribution in [0.15, 0.2) is 41.3 Å². The number of aromatic nitrogens is 1. The van der Waals surface area contributed by atoms with E-state index in [1.54, 1.807) is 18.7 Å². The molecule has 4 heteroatoms. The summed E-state index contributed by atoms with van der Waals surface area (Å²) in [5, 5.41) is 2.96. The first kappa shape index (κ1) is 14.3. The molecule has 0 spiro atoms. The molecule has 0 aliphatic rings. The maximum atomic E-state index is 11.9. The van der Waals surface area contributed by atoms with Crippen LogP contribution in [0.4, 0.5) is 0 Å². The van der Waals surface area contributed by atoms with Gasteiger partial charge in [0, 0.05) is 24.2 Å². The number of pyridine rings is 1. The molecule has 20 heavy (non-hydrogen) atoms. The zero-order valence-corrected chi connectivity index (χ0v) is 11.9. The van der Waals surface area contributed by atoms with Crippen LogP contribution < -0.4 is 5.32 Å². The summed E-state index contributed by atoms with van der Waals surface area (Å²) in [6, 6.07) is 5.78. The predicted molar refractivity (Wildman–Crippen MR) is 77.9 cm³/mol. The summed E-state index contributed by atoms with van der Waals surface area (Å²) < 4.78 is 5.03. The van der Waals surface area contributed by atoms with Crippen LogP contribution in [0.1, 0.15) is 32.3 Å². The summed E-state index contributed by atoms with van der Waals surface area (Å²) >= 11 is 0. The van der Waals surface area contributed by atoms with Gasteiger partial charge in [-0.1, -0.05) is 19.9 Å². The smallest absolute Gasteiger partial charge is 0.223 e. The Morgan fingerprint density at radius 2 is 2.10 bits per heavy atom. The molecular weight excluding hydrogens is 252 g/mol. The Morgan fingerprint density at radius 1 is 1.30 bits per heavy atom. The lowest BCUT2D eigenvalue weighted by Gasteiger charge is -2.12. The van der Waals surface area contributed by atoms with Crippen LogP contribution in [0.25, 0.3) is 11.3 Å². The Balaban J connectivity index is 1.93. The summed E-state index contributed by atoms with van der Waals surface area (Å²) in [6.07, 6.45) is 6.83. The molecule has 0 unspecified atom stereocenters. The maximum Gasteiger partial charge on any atom is 0.223 e. The molecule has 0 saturated heterocycles. The Kier molecular flexibility index (Phi) is 4.93. The Hall–Kier alpha value is -2.10. The molecule has 2 aromatic rings. The number of furan rings is 1. The quantitative estimate of drug-likeness (QED) is 0.877. The van der Waals surface area contributed by atoms with Crippen molar-refractivity contribution in [2.45, 2.75) is 33.2 Å². The van der Waals surface area contributed by atoms with Crippen molar-refractivity contribution >= 4 is 5.91 Å². The van der Waals surface area contributed by atoms with Gasteiger partial charge in [-0.3, -0.25) is 9.78 Å². The Bertz CT molecular complexity index is 528. The zero-order valence-electron chi connectivity index (χ0n) is 11.9. The summed E-state index contributed by atoms with van der Waals surface area (Å²) in [5.41, 5.74) is 2.82. The summed E-state index contributed by atoms with van der Waals surface area (Å²) in [7, 11) is 0. The molecule has 1 N–H and O–H groups in total. The van der Waals surface area contributed by atoms with Gasteiger partial charge in [0.15, 0.2) is 0 Å². The normalized spacial score (nSPS) is 10.8. The zero-order chi connectivity index (χ0) is 14.4. The third-order valence-electron chi connectivity index (χ3n) is 3.46.